The smallest absolute Gasteiger partial charge is 0.416 e. The number of benzene rings is 2. The van der Waals surface area contributed by atoms with E-state index >= 15 is 0 Å². The molecular weight excluding hydrogens is 609 g/mol. The number of fused-ring (bicyclic) bond motifs is 3. The van der Waals surface area contributed by atoms with E-state index in [2.05, 4.69) is 10.3 Å². The molecule has 242 valence electrons. The minimum absolute atomic E-state index is 0.00262. The van der Waals surface area contributed by atoms with Crippen LogP contribution in [0.5, 0.6) is 5.88 Å². The highest BCUT2D eigenvalue weighted by Crippen LogP contribution is 2.44. The van der Waals surface area contributed by atoms with Crippen molar-refractivity contribution in [1.29, 1.82) is 0 Å². The van der Waals surface area contributed by atoms with Gasteiger partial charge >= 0.3 is 12.1 Å². The maximum Gasteiger partial charge on any atom is 0.416 e. The lowest BCUT2D eigenvalue weighted by Crippen LogP contribution is -2.26. The lowest BCUT2D eigenvalue weighted by atomic mass is 9.92. The van der Waals surface area contributed by atoms with Crippen molar-refractivity contribution in [3.05, 3.63) is 112 Å². The van der Waals surface area contributed by atoms with Crippen LogP contribution in [0.15, 0.2) is 73.1 Å². The fraction of sp³-hybridized carbons (Fsp3) is 0.278. The SMILES string of the molecule is CCOC(=O)c1c(CCc2ccc(C(F)(F)F)cc2)nc2c3n(c(O)c2c1-c1ccc(C(=O)N[C@@H](C)c2ccncc2)cc1)CCC3. The number of aromatic nitrogens is 3. The van der Waals surface area contributed by atoms with Gasteiger partial charge in [-0.2, -0.15) is 13.2 Å². The van der Waals surface area contributed by atoms with Crippen LogP contribution in [0.1, 0.15) is 75.1 Å². The van der Waals surface area contributed by atoms with Crippen molar-refractivity contribution in [1.82, 2.24) is 19.9 Å². The highest BCUT2D eigenvalue weighted by atomic mass is 19.4. The highest BCUT2D eigenvalue weighted by Gasteiger charge is 2.32. The van der Waals surface area contributed by atoms with Crippen molar-refractivity contribution in [3.63, 3.8) is 0 Å². The van der Waals surface area contributed by atoms with E-state index in [1.807, 2.05) is 19.1 Å². The van der Waals surface area contributed by atoms with Gasteiger partial charge in [0.1, 0.15) is 0 Å². The summed E-state index contributed by atoms with van der Waals surface area (Å²) in [6, 6.07) is 15.1. The Hall–Kier alpha value is -5.19. The number of carbonyl (C=O) groups excluding carboxylic acids is 2. The molecule has 0 fully saturated rings. The number of aryl methyl sites for hydroxylation is 3. The second-order valence-corrected chi connectivity index (χ2v) is 11.5. The lowest BCUT2D eigenvalue weighted by molar-refractivity contribution is -0.137. The van der Waals surface area contributed by atoms with Gasteiger partial charge in [-0.25, -0.2) is 9.78 Å². The summed E-state index contributed by atoms with van der Waals surface area (Å²) >= 11 is 0. The van der Waals surface area contributed by atoms with Crippen molar-refractivity contribution >= 4 is 22.8 Å². The third-order valence-corrected chi connectivity index (χ3v) is 8.55. The molecule has 2 N–H and O–H groups in total. The standard InChI is InChI=1S/C36H33F3N4O4/c1-3-47-35(46)30-27(15-8-22-6-13-26(14-7-22)36(37,38)39)42-32-28-5-4-20-43(28)34(45)31(32)29(30)24-9-11-25(12-10-24)33(44)41-21(2)23-16-18-40-19-17-23/h6-7,9-14,16-19,21,45H,3-5,8,15,20H2,1-2H3,(H,41,44)/t21-/m0/s1. The number of hydrogen-bond donors (Lipinski definition) is 2. The molecule has 0 saturated carbocycles. The van der Waals surface area contributed by atoms with Gasteiger partial charge in [0, 0.05) is 35.8 Å². The molecule has 2 aromatic carbocycles. The number of nitrogens with one attached hydrogen (secondary N) is 1. The van der Waals surface area contributed by atoms with Gasteiger partial charge in [-0.3, -0.25) is 9.78 Å². The number of aromatic hydroxyl groups is 1. The summed E-state index contributed by atoms with van der Waals surface area (Å²) in [7, 11) is 0. The number of rotatable bonds is 9. The third kappa shape index (κ3) is 6.30. The van der Waals surface area contributed by atoms with Crippen LogP contribution in [0.25, 0.3) is 22.0 Å². The molecule has 5 aromatic rings. The summed E-state index contributed by atoms with van der Waals surface area (Å²) in [5, 5.41) is 14.8. The van der Waals surface area contributed by atoms with Crippen LogP contribution in [0.4, 0.5) is 13.2 Å². The zero-order valence-electron chi connectivity index (χ0n) is 25.9. The Balaban J connectivity index is 1.41. The zero-order chi connectivity index (χ0) is 33.3. The molecule has 0 bridgehead atoms. The highest BCUT2D eigenvalue weighted by molar-refractivity contribution is 6.11. The van der Waals surface area contributed by atoms with Crippen molar-refractivity contribution < 1.29 is 32.6 Å². The predicted molar refractivity (Wildman–Crippen MR) is 170 cm³/mol. The fourth-order valence-electron chi connectivity index (χ4n) is 6.17. The number of pyridine rings is 2. The molecule has 0 saturated heterocycles. The van der Waals surface area contributed by atoms with E-state index in [4.69, 9.17) is 9.72 Å². The Labute approximate surface area is 269 Å². The molecule has 11 heteroatoms. The second-order valence-electron chi connectivity index (χ2n) is 11.5. The Kier molecular flexibility index (Phi) is 8.72. The van der Waals surface area contributed by atoms with Crippen molar-refractivity contribution in [2.75, 3.05) is 6.61 Å². The van der Waals surface area contributed by atoms with Crippen LogP contribution in [-0.2, 0) is 36.7 Å². The topological polar surface area (TPSA) is 106 Å². The van der Waals surface area contributed by atoms with Crippen LogP contribution in [0.2, 0.25) is 0 Å². The monoisotopic (exact) mass is 642 g/mol. The van der Waals surface area contributed by atoms with Crippen LogP contribution < -0.4 is 5.32 Å². The molecule has 3 aromatic heterocycles. The molecule has 1 amide bonds. The minimum atomic E-state index is -4.44. The maximum absolute atomic E-state index is 13.6. The summed E-state index contributed by atoms with van der Waals surface area (Å²) in [6.07, 6.45) is 0.958. The molecule has 0 unspecified atom stereocenters. The molecule has 47 heavy (non-hydrogen) atoms. The Morgan fingerprint density at radius 3 is 2.38 bits per heavy atom. The molecule has 8 nitrogen and oxygen atoms in total. The summed E-state index contributed by atoms with van der Waals surface area (Å²) in [5.74, 6) is -0.907. The van der Waals surface area contributed by atoms with Gasteiger partial charge in [0.15, 0.2) is 0 Å². The number of nitrogens with zero attached hydrogens (tertiary/aromatic N) is 3. The van der Waals surface area contributed by atoms with Gasteiger partial charge in [-0.15, -0.1) is 0 Å². The van der Waals surface area contributed by atoms with E-state index in [0.717, 1.165) is 29.8 Å². The number of hydrogen-bond acceptors (Lipinski definition) is 6. The van der Waals surface area contributed by atoms with Crippen molar-refractivity contribution in [3.8, 4) is 17.0 Å². The van der Waals surface area contributed by atoms with Gasteiger partial charge in [0.05, 0.1) is 40.4 Å². The number of halogens is 3. The zero-order valence-corrected chi connectivity index (χ0v) is 25.9. The van der Waals surface area contributed by atoms with Crippen molar-refractivity contribution in [2.45, 2.75) is 58.3 Å². The van der Waals surface area contributed by atoms with E-state index in [0.29, 0.717) is 58.2 Å². The largest absolute Gasteiger partial charge is 0.494 e. The quantitative estimate of drug-likeness (QED) is 0.165. The average Bonchev–Trinajstić information content (AvgIpc) is 3.66. The first-order valence-corrected chi connectivity index (χ1v) is 15.5. The van der Waals surface area contributed by atoms with Crippen LogP contribution in [0.3, 0.4) is 0 Å². The van der Waals surface area contributed by atoms with E-state index in [9.17, 15) is 27.9 Å². The van der Waals surface area contributed by atoms with Crippen LogP contribution in [-0.4, -0.2) is 38.1 Å². The first kappa shape index (κ1) is 31.8. The van der Waals surface area contributed by atoms with E-state index in [1.54, 1.807) is 48.1 Å². The van der Waals surface area contributed by atoms with Gasteiger partial charge in [-0.05, 0) is 92.6 Å². The normalized spacial score (nSPS) is 13.4. The summed E-state index contributed by atoms with van der Waals surface area (Å²) in [6.45, 7) is 4.27. The van der Waals surface area contributed by atoms with Gasteiger partial charge in [0.25, 0.3) is 5.91 Å². The van der Waals surface area contributed by atoms with Gasteiger partial charge in [-0.1, -0.05) is 24.3 Å². The summed E-state index contributed by atoms with van der Waals surface area (Å²) < 4.78 is 46.7. The van der Waals surface area contributed by atoms with Gasteiger partial charge in [0.2, 0.25) is 5.88 Å². The van der Waals surface area contributed by atoms with E-state index in [1.165, 1.54) is 12.1 Å². The number of carbonyl (C=O) groups is 2. The molecule has 0 aliphatic carbocycles. The predicted octanol–water partition coefficient (Wildman–Crippen LogP) is 7.22. The number of alkyl halides is 3. The Morgan fingerprint density at radius 2 is 1.72 bits per heavy atom. The number of esters is 1. The minimum Gasteiger partial charge on any atom is -0.494 e. The molecule has 0 spiro atoms. The maximum atomic E-state index is 13.6. The first-order valence-electron chi connectivity index (χ1n) is 15.5. The number of ether oxygens (including phenoxy) is 1. The number of amides is 1. The molecule has 1 aliphatic heterocycles. The molecule has 1 aliphatic rings. The van der Waals surface area contributed by atoms with Gasteiger partial charge < -0.3 is 19.7 Å². The average molecular weight is 643 g/mol. The third-order valence-electron chi connectivity index (χ3n) is 8.55. The van der Waals surface area contributed by atoms with Crippen LogP contribution >= 0.6 is 0 Å². The second kappa shape index (κ2) is 12.9. The first-order chi connectivity index (χ1) is 22.6. The molecular formula is C36H33F3N4O4. The fourth-order valence-corrected chi connectivity index (χ4v) is 6.17. The summed E-state index contributed by atoms with van der Waals surface area (Å²) in [4.78, 5) is 35.7. The molecule has 0 radical (unpaired) electrons. The van der Waals surface area contributed by atoms with E-state index in [-0.39, 0.29) is 36.4 Å². The van der Waals surface area contributed by atoms with Crippen LogP contribution in [0, 0.1) is 0 Å². The molecule has 1 atom stereocenters. The molecule has 4 heterocycles. The summed E-state index contributed by atoms with van der Waals surface area (Å²) in [5.41, 5.74) is 4.25. The van der Waals surface area contributed by atoms with E-state index < -0.39 is 17.7 Å². The van der Waals surface area contributed by atoms with Crippen molar-refractivity contribution in [2.24, 2.45) is 0 Å². The molecule has 6 rings (SSSR count). The Bertz CT molecular complexity index is 1940. The Morgan fingerprint density at radius 1 is 1.02 bits per heavy atom. The lowest BCUT2D eigenvalue weighted by Gasteiger charge is -2.17.